The van der Waals surface area contributed by atoms with Gasteiger partial charge in [-0.15, -0.1) is 27.7 Å². The van der Waals surface area contributed by atoms with Crippen molar-refractivity contribution in [2.75, 3.05) is 0 Å². The number of rotatable bonds is 6. The van der Waals surface area contributed by atoms with Gasteiger partial charge in [-0.1, -0.05) is 153 Å². The Balaban J connectivity index is 1.23. The van der Waals surface area contributed by atoms with Gasteiger partial charge in [0, 0.05) is 26.1 Å². The molecule has 0 spiro atoms. The van der Waals surface area contributed by atoms with Gasteiger partial charge in [-0.05, 0) is 44.2 Å². The Morgan fingerprint density at radius 3 is 1.03 bits per heavy atom. The van der Waals surface area contributed by atoms with Crippen LogP contribution in [0.4, 0.5) is 0 Å². The molecule has 0 atom stereocenters. The van der Waals surface area contributed by atoms with Crippen molar-refractivity contribution in [2.45, 2.75) is 0 Å². The topological polar surface area (TPSA) is 38.7 Å². The largest absolute Gasteiger partial charge is 0.208 e. The highest BCUT2D eigenvalue weighted by molar-refractivity contribution is 7.28. The molecule has 0 aliphatic carbocycles. The van der Waals surface area contributed by atoms with Crippen LogP contribution in [0, 0.1) is 0 Å². The molecule has 252 valence electrons. The van der Waals surface area contributed by atoms with Gasteiger partial charge in [-0.2, -0.15) is 0 Å². The minimum absolute atomic E-state index is 0.0233. The van der Waals surface area contributed by atoms with Crippen LogP contribution < -0.4 is 60.1 Å². The van der Waals surface area contributed by atoms with Gasteiger partial charge in [0.05, 0.1) is 0 Å². The van der Waals surface area contributed by atoms with Crippen LogP contribution in [0.1, 0.15) is 0 Å². The molecule has 0 unspecified atom stereocenters. The van der Waals surface area contributed by atoms with E-state index in [1.807, 2.05) is 72.8 Å². The van der Waals surface area contributed by atoms with E-state index in [0.29, 0.717) is 31.8 Å². The summed E-state index contributed by atoms with van der Waals surface area (Å²) in [7, 11) is 72.9. The maximum absolute atomic E-state index is 7.15. The molecule has 0 fully saturated rings. The van der Waals surface area contributed by atoms with Crippen LogP contribution in [-0.2, 0) is 0 Å². The number of benzene rings is 7. The lowest BCUT2D eigenvalue weighted by atomic mass is 9.57. The zero-order valence-electron chi connectivity index (χ0n) is 32.0. The summed E-state index contributed by atoms with van der Waals surface area (Å²) in [5.41, 5.74) is 7.74. The van der Waals surface area contributed by atoms with Crippen molar-refractivity contribution in [2.24, 2.45) is 0 Å². The second-order valence-corrected chi connectivity index (χ2v) is 15.4. The fourth-order valence-corrected chi connectivity index (χ4v) is 8.91. The molecule has 2 heterocycles. The predicted octanol–water partition coefficient (Wildman–Crippen LogP) is -1.03. The van der Waals surface area contributed by atoms with Crippen molar-refractivity contribution < 1.29 is 0 Å². The molecule has 3 nitrogen and oxygen atoms in total. The van der Waals surface area contributed by atoms with Crippen molar-refractivity contribution in [1.29, 1.82) is 0 Å². The lowest BCUT2D eigenvalue weighted by Crippen LogP contribution is -2.56. The number of fused-ring (bicyclic) bond motifs is 3. The predicted molar refractivity (Wildman–Crippen MR) is 265 cm³/mol. The van der Waals surface area contributed by atoms with Crippen LogP contribution in [0.25, 0.3) is 87.7 Å². The van der Waals surface area contributed by atoms with Crippen molar-refractivity contribution in [3.8, 4) is 67.5 Å². The van der Waals surface area contributed by atoms with E-state index in [4.69, 9.17) is 101 Å². The summed E-state index contributed by atoms with van der Waals surface area (Å²) in [6, 6.07) is 36.2. The molecule has 0 amide bonds. The van der Waals surface area contributed by atoms with Crippen LogP contribution in [0.15, 0.2) is 109 Å². The summed E-state index contributed by atoms with van der Waals surface area (Å²) in [6.45, 7) is 0. The molecule has 15 heteroatoms. The molecule has 7 aromatic carbocycles. The standard InChI is InChI=1S/C45H18B11N3S/c46-30-25(26-32(48)36(52)38(54)37(53)33(26)49)34(50)39(55)41-27(30)28-31(47)29(35(51)40(56)42(28)60-41)45-58-43(23-9-5-2-6-10-23)57-44(59-45)24-17-15-22(16-18-24)21-13-11-20(12-14-21)19-7-3-1-4-8-19/h1-18H. The quantitative estimate of drug-likeness (QED) is 0.205. The maximum atomic E-state index is 7.15. The van der Waals surface area contributed by atoms with E-state index in [-0.39, 0.29) is 82.6 Å². The van der Waals surface area contributed by atoms with Gasteiger partial charge in [-0.3, -0.25) is 0 Å². The second kappa shape index (κ2) is 15.5. The zero-order chi connectivity index (χ0) is 42.1. The van der Waals surface area contributed by atoms with Crippen LogP contribution in [0.3, 0.4) is 0 Å². The van der Waals surface area contributed by atoms with Crippen LogP contribution in [-0.4, -0.2) is 101 Å². The SMILES string of the molecule is [B]c1c([B])c([B])c(-c2c([B])c([B])c3sc4c([B])c([B])c(-c5nc(-c6ccccc6)nc(-c6ccc(-c7ccc(-c8ccccc8)cc7)cc6)n5)c([B])c4c3c2[B])c([B])c1[B]. The Morgan fingerprint density at radius 1 is 0.267 bits per heavy atom. The van der Waals surface area contributed by atoms with E-state index in [0.717, 1.165) is 33.4 Å². The molecule has 0 saturated heterocycles. The zero-order valence-corrected chi connectivity index (χ0v) is 32.8. The summed E-state index contributed by atoms with van der Waals surface area (Å²) >= 11 is 1.24. The van der Waals surface area contributed by atoms with E-state index >= 15 is 0 Å². The highest BCUT2D eigenvalue weighted by atomic mass is 32.1. The van der Waals surface area contributed by atoms with E-state index in [2.05, 4.69) is 36.4 Å². The van der Waals surface area contributed by atoms with Gasteiger partial charge in [0.25, 0.3) is 0 Å². The first kappa shape index (κ1) is 39.9. The third-order valence-corrected chi connectivity index (χ3v) is 12.2. The lowest BCUT2D eigenvalue weighted by molar-refractivity contribution is 1.08. The molecule has 0 N–H and O–H groups in total. The summed E-state index contributed by atoms with van der Waals surface area (Å²) < 4.78 is 1.05. The van der Waals surface area contributed by atoms with E-state index < -0.39 is 0 Å². The second-order valence-electron chi connectivity index (χ2n) is 14.4. The average molecular weight is 752 g/mol. The van der Waals surface area contributed by atoms with E-state index in [1.165, 1.54) is 11.3 Å². The maximum Gasteiger partial charge on any atom is 0.164 e. The molecule has 0 aliphatic heterocycles. The van der Waals surface area contributed by atoms with Gasteiger partial charge < -0.3 is 0 Å². The third kappa shape index (κ3) is 6.48. The Labute approximate surface area is 367 Å². The Kier molecular flexibility index (Phi) is 10.3. The summed E-state index contributed by atoms with van der Waals surface area (Å²) in [5, 5.41) is 0.904. The molecular formula is C45H18B11N3S. The Bertz CT molecular complexity index is 3170. The number of hydrogen-bond acceptors (Lipinski definition) is 4. The smallest absolute Gasteiger partial charge is 0.164 e. The molecule has 22 radical (unpaired) electrons. The first-order chi connectivity index (χ1) is 28.8. The van der Waals surface area contributed by atoms with Gasteiger partial charge in [-0.25, -0.2) is 15.0 Å². The lowest BCUT2D eigenvalue weighted by Gasteiger charge is -2.26. The highest BCUT2D eigenvalue weighted by Crippen LogP contribution is 2.33. The highest BCUT2D eigenvalue weighted by Gasteiger charge is 2.25. The van der Waals surface area contributed by atoms with E-state index in [9.17, 15) is 0 Å². The first-order valence-corrected chi connectivity index (χ1v) is 19.5. The number of hydrogen-bond donors (Lipinski definition) is 0. The van der Waals surface area contributed by atoms with Crippen molar-refractivity contribution in [1.82, 2.24) is 15.0 Å². The normalized spacial score (nSPS) is 11.4. The van der Waals surface area contributed by atoms with E-state index in [1.54, 1.807) is 0 Å². The molecule has 0 saturated carbocycles. The molecule has 0 bridgehead atoms. The molecule has 0 aliphatic rings. The monoisotopic (exact) mass is 753 g/mol. The summed E-state index contributed by atoms with van der Waals surface area (Å²) in [4.78, 5) is 14.8. The minimum atomic E-state index is 0.0233. The summed E-state index contributed by atoms with van der Waals surface area (Å²) in [6.07, 6.45) is 0. The number of aromatic nitrogens is 3. The fraction of sp³-hybridized carbons (Fsp3) is 0. The minimum Gasteiger partial charge on any atom is -0.208 e. The third-order valence-electron chi connectivity index (χ3n) is 10.9. The van der Waals surface area contributed by atoms with Crippen LogP contribution >= 0.6 is 11.3 Å². The summed E-state index contributed by atoms with van der Waals surface area (Å²) in [5.74, 6) is 0.977. The molecular weight excluding hydrogens is 734 g/mol. The average Bonchev–Trinajstić information content (AvgIpc) is 3.70. The molecule has 9 aromatic rings. The van der Waals surface area contributed by atoms with Crippen LogP contribution in [0.5, 0.6) is 0 Å². The van der Waals surface area contributed by atoms with Crippen molar-refractivity contribution in [3.05, 3.63) is 109 Å². The van der Waals surface area contributed by atoms with Gasteiger partial charge >= 0.3 is 0 Å². The van der Waals surface area contributed by atoms with Crippen molar-refractivity contribution >= 4 is 178 Å². The number of thiophene rings is 1. The van der Waals surface area contributed by atoms with Gasteiger partial charge in [0.2, 0.25) is 0 Å². The van der Waals surface area contributed by atoms with Crippen LogP contribution in [0.2, 0.25) is 0 Å². The Morgan fingerprint density at radius 2 is 0.567 bits per heavy atom. The van der Waals surface area contributed by atoms with Gasteiger partial charge in [0.1, 0.15) is 86.3 Å². The fourth-order valence-electron chi connectivity index (χ4n) is 7.64. The number of nitrogens with zero attached hydrogens (tertiary/aromatic N) is 3. The molecule has 60 heavy (non-hydrogen) atoms. The first-order valence-electron chi connectivity index (χ1n) is 18.6. The molecule has 2 aromatic heterocycles. The molecule has 9 rings (SSSR count). The Hall–Kier alpha value is -5.52. The van der Waals surface area contributed by atoms with Gasteiger partial charge in [0.15, 0.2) is 17.5 Å². The van der Waals surface area contributed by atoms with Crippen molar-refractivity contribution in [3.63, 3.8) is 0 Å².